The lowest BCUT2D eigenvalue weighted by molar-refractivity contribution is 0.0601. The maximum Gasteiger partial charge on any atom is 0.340 e. The molecule has 1 aromatic carbocycles. The van der Waals surface area contributed by atoms with Crippen LogP contribution in [0, 0.1) is 5.41 Å². The van der Waals surface area contributed by atoms with Crippen molar-refractivity contribution in [2.75, 3.05) is 18.2 Å². The van der Waals surface area contributed by atoms with Gasteiger partial charge in [-0.3, -0.25) is 0 Å². The smallest absolute Gasteiger partial charge is 0.340 e. The van der Waals surface area contributed by atoms with Crippen LogP contribution in [-0.4, -0.2) is 19.1 Å². The molecule has 0 radical (unpaired) electrons. The fourth-order valence-corrected chi connectivity index (χ4v) is 2.92. The molecule has 4 nitrogen and oxygen atoms in total. The summed E-state index contributed by atoms with van der Waals surface area (Å²) in [5.41, 5.74) is 7.89. The molecule has 1 aliphatic carbocycles. The second-order valence-corrected chi connectivity index (χ2v) is 6.23. The van der Waals surface area contributed by atoms with Crippen LogP contribution < -0.4 is 11.1 Å². The van der Waals surface area contributed by atoms with Crippen molar-refractivity contribution in [3.8, 4) is 0 Å². The predicted molar refractivity (Wildman–Crippen MR) is 81.9 cm³/mol. The van der Waals surface area contributed by atoms with Gasteiger partial charge < -0.3 is 15.8 Å². The van der Waals surface area contributed by atoms with Crippen molar-refractivity contribution < 1.29 is 9.53 Å². The average molecular weight is 276 g/mol. The average Bonchev–Trinajstić information content (AvgIpc) is 2.41. The molecule has 0 aromatic heterocycles. The van der Waals surface area contributed by atoms with Crippen LogP contribution in [0.4, 0.5) is 11.4 Å². The van der Waals surface area contributed by atoms with Crippen LogP contribution in [0.1, 0.15) is 49.9 Å². The van der Waals surface area contributed by atoms with Gasteiger partial charge in [-0.1, -0.05) is 26.7 Å². The number of nitrogen functional groups attached to an aromatic ring is 1. The third-order valence-corrected chi connectivity index (χ3v) is 4.29. The number of rotatable bonds is 3. The van der Waals surface area contributed by atoms with Gasteiger partial charge in [0.25, 0.3) is 0 Å². The quantitative estimate of drug-likeness (QED) is 0.655. The van der Waals surface area contributed by atoms with Crippen LogP contribution in [0.3, 0.4) is 0 Å². The van der Waals surface area contributed by atoms with E-state index in [1.807, 2.05) is 12.1 Å². The lowest BCUT2D eigenvalue weighted by Crippen LogP contribution is -2.39. The standard InChI is InChI=1S/C16H24N2O2/c1-16(2)9-5-4-6-14(16)18-13-8-7-11(17)10-12(13)15(19)20-3/h7-8,10,14,18H,4-6,9,17H2,1-3H3. The number of hydrogen-bond acceptors (Lipinski definition) is 4. The number of nitrogens with one attached hydrogen (secondary N) is 1. The van der Waals surface area contributed by atoms with E-state index in [2.05, 4.69) is 19.2 Å². The third kappa shape index (κ3) is 3.06. The van der Waals surface area contributed by atoms with Crippen LogP contribution in [0.15, 0.2) is 18.2 Å². The summed E-state index contributed by atoms with van der Waals surface area (Å²) in [6, 6.07) is 5.71. The zero-order valence-corrected chi connectivity index (χ0v) is 12.5. The number of methoxy groups -OCH3 is 1. The summed E-state index contributed by atoms with van der Waals surface area (Å²) < 4.78 is 4.84. The Morgan fingerprint density at radius 1 is 1.40 bits per heavy atom. The second-order valence-electron chi connectivity index (χ2n) is 6.23. The first-order valence-electron chi connectivity index (χ1n) is 7.18. The van der Waals surface area contributed by atoms with Crippen molar-refractivity contribution in [3.63, 3.8) is 0 Å². The highest BCUT2D eigenvalue weighted by atomic mass is 16.5. The first-order chi connectivity index (χ1) is 9.44. The summed E-state index contributed by atoms with van der Waals surface area (Å²) in [6.07, 6.45) is 4.82. The summed E-state index contributed by atoms with van der Waals surface area (Å²) in [4.78, 5) is 11.9. The van der Waals surface area contributed by atoms with Crippen molar-refractivity contribution in [2.24, 2.45) is 5.41 Å². The van der Waals surface area contributed by atoms with E-state index in [1.54, 1.807) is 6.07 Å². The maximum absolute atomic E-state index is 11.9. The number of benzene rings is 1. The first-order valence-corrected chi connectivity index (χ1v) is 7.18. The predicted octanol–water partition coefficient (Wildman–Crippen LogP) is 3.44. The van der Waals surface area contributed by atoms with Crippen molar-refractivity contribution in [1.82, 2.24) is 0 Å². The molecule has 1 atom stereocenters. The minimum absolute atomic E-state index is 0.229. The van der Waals surface area contributed by atoms with Gasteiger partial charge in [-0.15, -0.1) is 0 Å². The monoisotopic (exact) mass is 276 g/mol. The molecule has 0 spiro atoms. The van der Waals surface area contributed by atoms with E-state index < -0.39 is 0 Å². The molecule has 4 heteroatoms. The third-order valence-electron chi connectivity index (χ3n) is 4.29. The molecule has 20 heavy (non-hydrogen) atoms. The van der Waals surface area contributed by atoms with Crippen molar-refractivity contribution in [2.45, 2.75) is 45.6 Å². The van der Waals surface area contributed by atoms with Gasteiger partial charge in [-0.25, -0.2) is 4.79 Å². The van der Waals surface area contributed by atoms with Gasteiger partial charge in [0.1, 0.15) is 0 Å². The number of hydrogen-bond donors (Lipinski definition) is 2. The van der Waals surface area contributed by atoms with Gasteiger partial charge in [0.15, 0.2) is 0 Å². The number of nitrogens with two attached hydrogens (primary N) is 1. The zero-order chi connectivity index (χ0) is 14.8. The Morgan fingerprint density at radius 2 is 2.15 bits per heavy atom. The topological polar surface area (TPSA) is 64.3 Å². The molecule has 1 aliphatic rings. The highest BCUT2D eigenvalue weighted by molar-refractivity contribution is 5.96. The highest BCUT2D eigenvalue weighted by Gasteiger charge is 2.32. The molecule has 0 amide bonds. The van der Waals surface area contributed by atoms with Crippen LogP contribution in [0.2, 0.25) is 0 Å². The van der Waals surface area contributed by atoms with E-state index >= 15 is 0 Å². The summed E-state index contributed by atoms with van der Waals surface area (Å²) in [7, 11) is 1.39. The largest absolute Gasteiger partial charge is 0.465 e. The minimum atomic E-state index is -0.353. The van der Waals surface area contributed by atoms with E-state index in [1.165, 1.54) is 26.4 Å². The SMILES string of the molecule is COC(=O)c1cc(N)ccc1NC1CCCCC1(C)C. The van der Waals surface area contributed by atoms with E-state index in [-0.39, 0.29) is 11.4 Å². The van der Waals surface area contributed by atoms with Gasteiger partial charge in [0.05, 0.1) is 12.7 Å². The molecular weight excluding hydrogens is 252 g/mol. The molecule has 1 unspecified atom stereocenters. The maximum atomic E-state index is 11.9. The molecule has 110 valence electrons. The Balaban J connectivity index is 2.26. The molecule has 2 rings (SSSR count). The molecule has 1 aromatic rings. The lowest BCUT2D eigenvalue weighted by atomic mass is 9.73. The fraction of sp³-hybridized carbons (Fsp3) is 0.562. The number of esters is 1. The molecule has 0 heterocycles. The second kappa shape index (κ2) is 5.73. The van der Waals surface area contributed by atoms with Gasteiger partial charge in [0, 0.05) is 17.4 Å². The normalized spacial score (nSPS) is 21.2. The number of carbonyl (C=O) groups is 1. The van der Waals surface area contributed by atoms with Crippen LogP contribution in [0.5, 0.6) is 0 Å². The van der Waals surface area contributed by atoms with Gasteiger partial charge in [-0.2, -0.15) is 0 Å². The molecular formula is C16H24N2O2. The summed E-state index contributed by atoms with van der Waals surface area (Å²) in [6.45, 7) is 4.55. The van der Waals surface area contributed by atoms with Crippen LogP contribution >= 0.6 is 0 Å². The molecule has 0 saturated heterocycles. The lowest BCUT2D eigenvalue weighted by Gasteiger charge is -2.40. The summed E-state index contributed by atoms with van der Waals surface area (Å²) >= 11 is 0. The van der Waals surface area contributed by atoms with Crippen LogP contribution in [-0.2, 0) is 4.74 Å². The summed E-state index contributed by atoms with van der Waals surface area (Å²) in [5.74, 6) is -0.353. The Kier molecular flexibility index (Phi) is 4.21. The summed E-state index contributed by atoms with van der Waals surface area (Å²) in [5, 5.41) is 3.53. The van der Waals surface area contributed by atoms with E-state index in [0.29, 0.717) is 17.3 Å². The first kappa shape index (κ1) is 14.7. The zero-order valence-electron chi connectivity index (χ0n) is 12.5. The number of carbonyl (C=O) groups excluding carboxylic acids is 1. The molecule has 1 saturated carbocycles. The minimum Gasteiger partial charge on any atom is -0.465 e. The van der Waals surface area contributed by atoms with Crippen molar-refractivity contribution in [1.29, 1.82) is 0 Å². The van der Waals surface area contributed by atoms with Crippen molar-refractivity contribution in [3.05, 3.63) is 23.8 Å². The fourth-order valence-electron chi connectivity index (χ4n) is 2.92. The van der Waals surface area contributed by atoms with E-state index in [4.69, 9.17) is 10.5 Å². The molecule has 0 aliphatic heterocycles. The Labute approximate surface area is 120 Å². The number of anilines is 2. The highest BCUT2D eigenvalue weighted by Crippen LogP contribution is 2.38. The van der Waals surface area contributed by atoms with Gasteiger partial charge >= 0.3 is 5.97 Å². The van der Waals surface area contributed by atoms with Gasteiger partial charge in [0.2, 0.25) is 0 Å². The Morgan fingerprint density at radius 3 is 2.80 bits per heavy atom. The Bertz CT molecular complexity index is 497. The number of ether oxygens (including phenoxy) is 1. The van der Waals surface area contributed by atoms with Gasteiger partial charge in [-0.05, 0) is 36.5 Å². The van der Waals surface area contributed by atoms with Crippen molar-refractivity contribution >= 4 is 17.3 Å². The molecule has 0 bridgehead atoms. The Hall–Kier alpha value is -1.71. The molecule has 3 N–H and O–H groups in total. The van der Waals surface area contributed by atoms with Crippen LogP contribution in [0.25, 0.3) is 0 Å². The van der Waals surface area contributed by atoms with E-state index in [9.17, 15) is 4.79 Å². The molecule has 1 fully saturated rings. The van der Waals surface area contributed by atoms with E-state index in [0.717, 1.165) is 12.1 Å².